The van der Waals surface area contributed by atoms with Crippen molar-refractivity contribution in [3.05, 3.63) is 95.1 Å². The maximum Gasteiger partial charge on any atom is 0.339 e. The first kappa shape index (κ1) is 56.3. The molecule has 0 bridgehead atoms. The van der Waals surface area contributed by atoms with Crippen LogP contribution in [0.3, 0.4) is 0 Å². The molecule has 2 aromatic rings. The smallest absolute Gasteiger partial charge is 0.339 e. The molecule has 2 rings (SSSR count). The van der Waals surface area contributed by atoms with E-state index >= 15 is 0 Å². The van der Waals surface area contributed by atoms with Crippen LogP contribution in [0.5, 0.6) is 0 Å². The summed E-state index contributed by atoms with van der Waals surface area (Å²) in [6, 6.07) is 18.6. The van der Waals surface area contributed by atoms with E-state index in [2.05, 4.69) is 27.1 Å². The van der Waals surface area contributed by atoms with Gasteiger partial charge in [-0.05, 0) is 52.2 Å². The first-order chi connectivity index (χ1) is 26.2. The third-order valence-electron chi connectivity index (χ3n) is 6.76. The van der Waals surface area contributed by atoms with Crippen LogP contribution >= 0.6 is 0 Å². The summed E-state index contributed by atoms with van der Waals surface area (Å²) in [6.45, 7) is 9.56. The summed E-state index contributed by atoms with van der Waals surface area (Å²) >= 11 is 9.35. The first-order valence-corrected chi connectivity index (χ1v) is 29.3. The highest BCUT2D eigenvalue weighted by atomic mass is 33.4. The van der Waals surface area contributed by atoms with Crippen LogP contribution in [0.2, 0.25) is 0 Å². The van der Waals surface area contributed by atoms with Crippen LogP contribution in [-0.2, 0) is 154 Å². The van der Waals surface area contributed by atoms with Crippen LogP contribution in [0.15, 0.2) is 84.0 Å². The molecule has 0 aliphatic carbocycles. The largest absolute Gasteiger partial charge is 0.469 e. The van der Waals surface area contributed by atoms with Crippen molar-refractivity contribution in [2.75, 3.05) is 14.2 Å². The fourth-order valence-corrected chi connectivity index (χ4v) is 23.0. The predicted octanol–water partition coefficient (Wildman–Crippen LogP) is 6.65. The van der Waals surface area contributed by atoms with Gasteiger partial charge in [-0.2, -0.15) is 0 Å². The van der Waals surface area contributed by atoms with Crippen LogP contribution in [0.4, 0.5) is 0 Å². The van der Waals surface area contributed by atoms with Crippen LogP contribution in [0.1, 0.15) is 78.9 Å². The van der Waals surface area contributed by atoms with E-state index in [1.54, 1.807) is 75.2 Å². The second-order valence-electron chi connectivity index (χ2n) is 11.8. The summed E-state index contributed by atoms with van der Waals surface area (Å²) in [6.07, 6.45) is 3.62. The van der Waals surface area contributed by atoms with Gasteiger partial charge in [-0.15, -0.1) is 0 Å². The van der Waals surface area contributed by atoms with Gasteiger partial charge in [0.15, 0.2) is 5.60 Å². The van der Waals surface area contributed by atoms with Gasteiger partial charge in [0.1, 0.15) is 13.2 Å². The van der Waals surface area contributed by atoms with Gasteiger partial charge >= 0.3 is 23.9 Å². The number of carbonyl (C=O) groups excluding carboxylic acids is 4. The molecule has 0 amide bonds. The number of allylic oxidation sites excluding steroid dienone is 3. The summed E-state index contributed by atoms with van der Waals surface area (Å²) < 4.78 is 19.8. The van der Waals surface area contributed by atoms with Crippen molar-refractivity contribution in [2.45, 2.75) is 86.5 Å². The van der Waals surface area contributed by atoms with Gasteiger partial charge in [-0.3, -0.25) is 14.4 Å². The molecule has 56 heavy (non-hydrogen) atoms. The molecule has 0 spiro atoms. The number of benzene rings is 2. The Morgan fingerprint density at radius 1 is 0.625 bits per heavy atom. The number of aliphatic hydroxyl groups is 1. The molecular formula is C36H50O9S11. The number of hydrogen-bond donors (Lipinski definition) is 1. The van der Waals surface area contributed by atoms with Crippen LogP contribution in [0, 0.1) is 5.41 Å². The van der Waals surface area contributed by atoms with Crippen LogP contribution < -0.4 is 0 Å². The van der Waals surface area contributed by atoms with E-state index in [9.17, 15) is 24.3 Å². The van der Waals surface area contributed by atoms with Gasteiger partial charge < -0.3 is 24.1 Å². The minimum Gasteiger partial charge on any atom is -0.469 e. The molecular weight excluding hydrogens is 929 g/mol. The molecule has 1 N–H and O–H groups in total. The molecule has 0 saturated heterocycles. The van der Waals surface area contributed by atoms with E-state index in [4.69, 9.17) is 14.2 Å². The quantitative estimate of drug-likeness (QED) is 0.124. The van der Waals surface area contributed by atoms with E-state index < -0.39 is 35.3 Å². The lowest BCUT2D eigenvalue weighted by molar-refractivity contribution is -0.172. The van der Waals surface area contributed by atoms with Gasteiger partial charge in [0.05, 0.1) is 32.5 Å². The molecule has 0 saturated carbocycles. The molecule has 9 nitrogen and oxygen atoms in total. The van der Waals surface area contributed by atoms with Crippen LogP contribution in [-0.4, -0.2) is 48.8 Å². The lowest BCUT2D eigenvalue weighted by Gasteiger charge is -2.25. The lowest BCUT2D eigenvalue weighted by Crippen LogP contribution is -2.42. The zero-order valence-corrected chi connectivity index (χ0v) is 40.4. The minimum absolute atomic E-state index is 0. The lowest BCUT2D eigenvalue weighted by atomic mass is 9.82. The number of rotatable bonds is 14. The van der Waals surface area contributed by atoms with Crippen molar-refractivity contribution < 1.29 is 43.2 Å². The van der Waals surface area contributed by atoms with Crippen molar-refractivity contribution in [3.63, 3.8) is 0 Å². The molecule has 0 aliphatic heterocycles. The summed E-state index contributed by atoms with van der Waals surface area (Å²) in [5.74, 6) is -2.30. The Bertz CT molecular complexity index is 1860. The summed E-state index contributed by atoms with van der Waals surface area (Å²) in [5, 5.41) is 10.5. The first-order valence-electron chi connectivity index (χ1n) is 16.0. The van der Waals surface area contributed by atoms with E-state index in [0.29, 0.717) is 6.42 Å². The van der Waals surface area contributed by atoms with Gasteiger partial charge in [0.2, 0.25) is 0 Å². The monoisotopic (exact) mass is 978 g/mol. The maximum atomic E-state index is 12.4. The normalized spacial score (nSPS) is 11.5. The highest BCUT2D eigenvalue weighted by Gasteiger charge is 2.40. The number of carbonyl (C=O) groups is 4. The molecule has 0 unspecified atom stereocenters. The number of esters is 4. The highest BCUT2D eigenvalue weighted by Crippen LogP contribution is 2.30. The fraction of sp³-hybridized carbons (Fsp3) is 0.444. The Morgan fingerprint density at radius 2 is 1.00 bits per heavy atom. The van der Waals surface area contributed by atoms with Crippen molar-refractivity contribution in [2.24, 2.45) is 5.41 Å². The average molecular weight is 980 g/mol. The van der Waals surface area contributed by atoms with Gasteiger partial charge in [0, 0.05) is 109 Å². The molecule has 2 aromatic carbocycles. The van der Waals surface area contributed by atoms with E-state index in [-0.39, 0.29) is 39.5 Å². The molecule has 0 radical (unpaired) electrons. The van der Waals surface area contributed by atoms with Crippen molar-refractivity contribution in [1.82, 2.24) is 0 Å². The van der Waals surface area contributed by atoms with Gasteiger partial charge in [-0.1, -0.05) is 91.4 Å². The fourth-order valence-electron chi connectivity index (χ4n) is 3.79. The molecule has 2 atom stereocenters. The Kier molecular flexibility index (Phi) is 34.3. The SMILES string of the molecule is C.COC(=O)C[C@](C)(CC=C(C)C)C(=O)OCc1ccccc1.COC(=O)C[C@](O)(CC=C(C)C)C(=O)OCc1ccccc1.S=S=S=S=S=S=S=S=S=S=S. The van der Waals surface area contributed by atoms with E-state index in [1.807, 2.05) is 94.4 Å². The summed E-state index contributed by atoms with van der Waals surface area (Å²) in [5.41, 5.74) is 0.904. The number of methoxy groups -OCH3 is 2. The summed E-state index contributed by atoms with van der Waals surface area (Å²) in [4.78, 5) is 47.7. The van der Waals surface area contributed by atoms with Crippen molar-refractivity contribution >= 4 is 126 Å². The minimum atomic E-state index is -1.92. The van der Waals surface area contributed by atoms with Crippen molar-refractivity contribution in [3.8, 4) is 0 Å². The number of hydrogen-bond acceptors (Lipinski definition) is 11. The molecule has 314 valence electrons. The third kappa shape index (κ3) is 27.8. The predicted molar refractivity (Wildman–Crippen MR) is 255 cm³/mol. The molecule has 20 heteroatoms. The van der Waals surface area contributed by atoms with Crippen molar-refractivity contribution in [1.29, 1.82) is 0 Å². The van der Waals surface area contributed by atoms with Gasteiger partial charge in [-0.25, -0.2) is 4.79 Å². The second-order valence-corrected chi connectivity index (χ2v) is 27.7. The standard InChI is InChI=1S/C18H24O4.C17H22O5.CH4.S11/c1-14(2)10-11-18(3,12-16(19)21-4)17(20)22-13-15-8-6-5-7-9-15;1-13(2)9-10-17(20,11-15(18)21-3)16(19)22-12-14-7-5-4-6-8-14;;1-3-5-7-9-11-10-8-6-4-2/h5-10H,11-13H2,1-4H3;4-9,20H,10-12H2,1-3H3;1H4;/t18-;17-;;/m01../s1. The summed E-state index contributed by atoms with van der Waals surface area (Å²) in [7, 11) is 17.0. The van der Waals surface area contributed by atoms with Crippen LogP contribution in [0.25, 0.3) is 0 Å². The topological polar surface area (TPSA) is 125 Å². The zero-order chi connectivity index (χ0) is 41.5. The maximum absolute atomic E-state index is 12.4. The Balaban J connectivity index is 0. The van der Waals surface area contributed by atoms with Gasteiger partial charge in [0.25, 0.3) is 0 Å². The molecule has 0 heterocycles. The Labute approximate surface area is 367 Å². The molecule has 0 fully saturated rings. The van der Waals surface area contributed by atoms with E-state index in [1.165, 1.54) is 32.0 Å². The number of ether oxygens (including phenoxy) is 4. The Morgan fingerprint density at radius 3 is 1.39 bits per heavy atom. The third-order valence-corrected chi connectivity index (χ3v) is 24.5. The zero-order valence-electron chi connectivity index (χ0n) is 31.4. The highest BCUT2D eigenvalue weighted by molar-refractivity contribution is 8.74. The molecule has 0 aromatic heterocycles. The average Bonchev–Trinajstić information content (AvgIpc) is 3.18. The molecule has 0 aliphatic rings. The Hall–Kier alpha value is -1.82. The second kappa shape index (κ2) is 34.1. The van der Waals surface area contributed by atoms with E-state index in [0.717, 1.165) is 22.3 Å².